The van der Waals surface area contributed by atoms with Gasteiger partial charge in [-0.15, -0.1) is 0 Å². The molecular weight excluding hydrogens is 208 g/mol. The summed E-state index contributed by atoms with van der Waals surface area (Å²) in [4.78, 5) is 6.87. The van der Waals surface area contributed by atoms with Gasteiger partial charge in [0.05, 0.1) is 0 Å². The summed E-state index contributed by atoms with van der Waals surface area (Å²) >= 11 is 0. The average molecular weight is 232 g/mol. The lowest BCUT2D eigenvalue weighted by atomic mass is 9.98. The van der Waals surface area contributed by atoms with Gasteiger partial charge in [0.2, 0.25) is 0 Å². The molecule has 1 saturated carbocycles. The van der Waals surface area contributed by atoms with E-state index in [4.69, 9.17) is 4.98 Å². The summed E-state index contributed by atoms with van der Waals surface area (Å²) in [6.07, 6.45) is 6.46. The first kappa shape index (κ1) is 12.4. The van der Waals surface area contributed by atoms with E-state index in [0.29, 0.717) is 0 Å². The molecule has 0 aliphatic heterocycles. The molecule has 2 rings (SSSR count). The first-order valence-electron chi connectivity index (χ1n) is 6.78. The van der Waals surface area contributed by atoms with E-state index in [0.717, 1.165) is 18.0 Å². The zero-order valence-corrected chi connectivity index (χ0v) is 11.6. The molecule has 2 heteroatoms. The Balaban J connectivity index is 2.38. The molecule has 0 bridgehead atoms. The Bertz CT molecular complexity index is 392. The Morgan fingerprint density at radius 1 is 1.35 bits per heavy atom. The third-order valence-electron chi connectivity index (χ3n) is 3.45. The summed E-state index contributed by atoms with van der Waals surface area (Å²) in [6.45, 7) is 4.36. The van der Waals surface area contributed by atoms with E-state index in [-0.39, 0.29) is 0 Å². The van der Waals surface area contributed by atoms with Crippen LogP contribution in [0, 0.1) is 12.8 Å². The fourth-order valence-electron chi connectivity index (χ4n) is 2.46. The number of pyridine rings is 1. The molecule has 0 saturated heterocycles. The van der Waals surface area contributed by atoms with Crippen molar-refractivity contribution in [1.82, 2.24) is 4.98 Å². The minimum Gasteiger partial charge on any atom is -0.363 e. The van der Waals surface area contributed by atoms with Crippen molar-refractivity contribution < 1.29 is 0 Å². The molecule has 0 atom stereocenters. The molecular formula is C15H24N2. The van der Waals surface area contributed by atoms with Crippen LogP contribution >= 0.6 is 0 Å². The smallest absolute Gasteiger partial charge is 0.131 e. The van der Waals surface area contributed by atoms with E-state index >= 15 is 0 Å². The van der Waals surface area contributed by atoms with E-state index in [1.165, 1.54) is 37.1 Å². The number of aromatic nitrogens is 1. The molecule has 17 heavy (non-hydrogen) atoms. The number of hydrogen-bond donors (Lipinski definition) is 0. The molecule has 0 aromatic carbocycles. The maximum Gasteiger partial charge on any atom is 0.131 e. The van der Waals surface area contributed by atoms with E-state index in [1.807, 2.05) is 0 Å². The summed E-state index contributed by atoms with van der Waals surface area (Å²) in [6, 6.07) is 2.30. The van der Waals surface area contributed by atoms with Crippen molar-refractivity contribution in [3.8, 4) is 0 Å². The molecule has 0 amide bonds. The van der Waals surface area contributed by atoms with Crippen LogP contribution < -0.4 is 4.90 Å². The van der Waals surface area contributed by atoms with E-state index in [2.05, 4.69) is 38.9 Å². The number of hydrogen-bond acceptors (Lipinski definition) is 2. The predicted octanol–water partition coefficient (Wildman–Crippen LogP) is 3.36. The second-order valence-electron chi connectivity index (χ2n) is 5.52. The normalized spacial score (nSPS) is 15.1. The van der Waals surface area contributed by atoms with E-state index < -0.39 is 0 Å². The highest BCUT2D eigenvalue weighted by molar-refractivity contribution is 5.51. The summed E-state index contributed by atoms with van der Waals surface area (Å²) in [7, 11) is 4.20. The topological polar surface area (TPSA) is 16.1 Å². The minimum absolute atomic E-state index is 0.947. The van der Waals surface area contributed by atoms with E-state index in [9.17, 15) is 0 Å². The fourth-order valence-corrected chi connectivity index (χ4v) is 2.46. The standard InChI is InChI=1S/C15H24N2/c1-5-6-14-13(10-12-7-8-12)9-11(2)16-15(14)17(3)4/h9,12H,5-8,10H2,1-4H3. The average Bonchev–Trinajstić information content (AvgIpc) is 3.05. The molecule has 1 aromatic rings. The van der Waals surface area contributed by atoms with E-state index in [1.54, 1.807) is 5.56 Å². The minimum atomic E-state index is 0.947. The highest BCUT2D eigenvalue weighted by Gasteiger charge is 2.24. The van der Waals surface area contributed by atoms with Gasteiger partial charge in [0, 0.05) is 19.8 Å². The molecule has 94 valence electrons. The molecule has 0 spiro atoms. The first-order valence-corrected chi connectivity index (χ1v) is 6.78. The summed E-state index contributed by atoms with van der Waals surface area (Å²) in [5.74, 6) is 2.13. The van der Waals surface area contributed by atoms with Gasteiger partial charge in [-0.05, 0) is 55.7 Å². The lowest BCUT2D eigenvalue weighted by Gasteiger charge is -2.20. The monoisotopic (exact) mass is 232 g/mol. The fraction of sp³-hybridized carbons (Fsp3) is 0.667. The second-order valence-corrected chi connectivity index (χ2v) is 5.52. The number of nitrogens with zero attached hydrogens (tertiary/aromatic N) is 2. The first-order chi connectivity index (χ1) is 8.11. The molecule has 1 heterocycles. The van der Waals surface area contributed by atoms with Gasteiger partial charge >= 0.3 is 0 Å². The Morgan fingerprint density at radius 3 is 2.59 bits per heavy atom. The maximum absolute atomic E-state index is 4.71. The van der Waals surface area contributed by atoms with Crippen LogP contribution in [0.15, 0.2) is 6.07 Å². The SMILES string of the molecule is CCCc1c(CC2CC2)cc(C)nc1N(C)C. The van der Waals surface area contributed by atoms with Crippen LogP contribution in [-0.4, -0.2) is 19.1 Å². The third kappa shape index (κ3) is 2.99. The second kappa shape index (κ2) is 5.07. The van der Waals surface area contributed by atoms with Crippen molar-refractivity contribution in [3.63, 3.8) is 0 Å². The van der Waals surface area contributed by atoms with Crippen LogP contribution in [0.2, 0.25) is 0 Å². The largest absolute Gasteiger partial charge is 0.363 e. The summed E-state index contributed by atoms with van der Waals surface area (Å²) in [5.41, 5.74) is 4.18. The molecule has 0 unspecified atom stereocenters. The van der Waals surface area contributed by atoms with Crippen LogP contribution in [0.1, 0.15) is 43.0 Å². The highest BCUT2D eigenvalue weighted by atomic mass is 15.1. The third-order valence-corrected chi connectivity index (χ3v) is 3.45. The van der Waals surface area contributed by atoms with Crippen molar-refractivity contribution in [2.45, 2.75) is 46.0 Å². The van der Waals surface area contributed by atoms with Crippen LogP contribution in [0.4, 0.5) is 5.82 Å². The van der Waals surface area contributed by atoms with Gasteiger partial charge in [-0.3, -0.25) is 0 Å². The van der Waals surface area contributed by atoms with Gasteiger partial charge in [-0.2, -0.15) is 0 Å². The Kier molecular flexibility index (Phi) is 3.70. The zero-order valence-electron chi connectivity index (χ0n) is 11.6. The Hall–Kier alpha value is -1.05. The molecule has 1 aromatic heterocycles. The van der Waals surface area contributed by atoms with Gasteiger partial charge < -0.3 is 4.90 Å². The zero-order chi connectivity index (χ0) is 12.4. The van der Waals surface area contributed by atoms with Crippen LogP contribution in [0.25, 0.3) is 0 Å². The van der Waals surface area contributed by atoms with Crippen molar-refractivity contribution >= 4 is 5.82 Å². The Morgan fingerprint density at radius 2 is 2.06 bits per heavy atom. The number of aryl methyl sites for hydroxylation is 1. The van der Waals surface area contributed by atoms with Crippen molar-refractivity contribution in [1.29, 1.82) is 0 Å². The van der Waals surface area contributed by atoms with Gasteiger partial charge in [0.1, 0.15) is 5.82 Å². The Labute approximate surface area is 105 Å². The molecule has 2 nitrogen and oxygen atoms in total. The van der Waals surface area contributed by atoms with Crippen LogP contribution in [-0.2, 0) is 12.8 Å². The molecule has 0 N–H and O–H groups in total. The molecule has 1 aliphatic carbocycles. The van der Waals surface area contributed by atoms with Gasteiger partial charge in [-0.25, -0.2) is 4.98 Å². The quantitative estimate of drug-likeness (QED) is 0.774. The van der Waals surface area contributed by atoms with Gasteiger partial charge in [0.15, 0.2) is 0 Å². The van der Waals surface area contributed by atoms with Crippen LogP contribution in [0.5, 0.6) is 0 Å². The van der Waals surface area contributed by atoms with Crippen molar-refractivity contribution in [3.05, 3.63) is 22.9 Å². The van der Waals surface area contributed by atoms with Crippen molar-refractivity contribution in [2.75, 3.05) is 19.0 Å². The predicted molar refractivity (Wildman–Crippen MR) is 73.7 cm³/mol. The van der Waals surface area contributed by atoms with Gasteiger partial charge in [0.25, 0.3) is 0 Å². The lowest BCUT2D eigenvalue weighted by Crippen LogP contribution is -2.16. The molecule has 1 aliphatic rings. The highest BCUT2D eigenvalue weighted by Crippen LogP contribution is 2.35. The number of rotatable bonds is 5. The van der Waals surface area contributed by atoms with Gasteiger partial charge in [-0.1, -0.05) is 13.3 Å². The molecule has 1 fully saturated rings. The van der Waals surface area contributed by atoms with Crippen LogP contribution in [0.3, 0.4) is 0 Å². The number of anilines is 1. The van der Waals surface area contributed by atoms with Crippen molar-refractivity contribution in [2.24, 2.45) is 5.92 Å². The summed E-state index contributed by atoms with van der Waals surface area (Å²) < 4.78 is 0. The summed E-state index contributed by atoms with van der Waals surface area (Å²) in [5, 5.41) is 0. The lowest BCUT2D eigenvalue weighted by molar-refractivity contribution is 0.794. The maximum atomic E-state index is 4.71. The molecule has 0 radical (unpaired) electrons.